The van der Waals surface area contributed by atoms with E-state index >= 15 is 0 Å². The van der Waals surface area contributed by atoms with Gasteiger partial charge in [0.25, 0.3) is 5.69 Å². The Morgan fingerprint density at radius 3 is 2.33 bits per heavy atom. The van der Waals surface area contributed by atoms with Crippen molar-refractivity contribution in [3.63, 3.8) is 0 Å². The molecular weight excluding hydrogens is 275 g/mol. The summed E-state index contributed by atoms with van der Waals surface area (Å²) in [5.74, 6) is -0.550. The topological polar surface area (TPSA) is 129 Å². The third-order valence-electron chi connectivity index (χ3n) is 1.77. The number of hydrogen-bond acceptors (Lipinski definition) is 6. The monoisotopic (exact) mass is 282 g/mol. The largest absolute Gasteiger partial charge is 1.00 e. The molecule has 0 radical (unpaired) electrons. The molecule has 1 aromatic carbocycles. The molecule has 0 aliphatic heterocycles. The molecule has 8 nitrogen and oxygen atoms in total. The Morgan fingerprint density at radius 1 is 1.39 bits per heavy atom. The van der Waals surface area contributed by atoms with Crippen LogP contribution >= 0.6 is 0 Å². The minimum atomic E-state index is -4.77. The molecule has 0 saturated heterocycles. The molecule has 1 amide bonds. The van der Waals surface area contributed by atoms with Crippen LogP contribution in [0.25, 0.3) is 0 Å². The van der Waals surface area contributed by atoms with Gasteiger partial charge in [0.15, 0.2) is 0 Å². The summed E-state index contributed by atoms with van der Waals surface area (Å²) in [7, 11) is -4.77. The molecule has 0 spiro atoms. The minimum Gasteiger partial charge on any atom is -0.744 e. The van der Waals surface area contributed by atoms with Crippen molar-refractivity contribution in [1.82, 2.24) is 0 Å². The Kier molecular flexibility index (Phi) is 5.90. The van der Waals surface area contributed by atoms with E-state index < -0.39 is 31.5 Å². The summed E-state index contributed by atoms with van der Waals surface area (Å²) >= 11 is 0. The van der Waals surface area contributed by atoms with E-state index in [9.17, 15) is 27.9 Å². The first-order chi connectivity index (χ1) is 7.71. The van der Waals surface area contributed by atoms with Gasteiger partial charge in [-0.25, -0.2) is 8.42 Å². The molecule has 0 aromatic heterocycles. The number of amides is 1. The van der Waals surface area contributed by atoms with E-state index in [2.05, 4.69) is 5.32 Å². The number of nitrogens with zero attached hydrogens (tertiary/aromatic N) is 1. The quantitative estimate of drug-likeness (QED) is 0.281. The molecule has 10 heteroatoms. The van der Waals surface area contributed by atoms with E-state index in [1.165, 1.54) is 0 Å². The van der Waals surface area contributed by atoms with E-state index in [1.807, 2.05) is 0 Å². The van der Waals surface area contributed by atoms with Crippen molar-refractivity contribution in [3.05, 3.63) is 28.3 Å². The van der Waals surface area contributed by atoms with E-state index in [0.29, 0.717) is 6.07 Å². The molecule has 0 aliphatic rings. The molecule has 0 saturated carbocycles. The number of nitro groups is 1. The fourth-order valence-electron chi connectivity index (χ4n) is 1.11. The Balaban J connectivity index is 0.00000289. The second kappa shape index (κ2) is 6.25. The van der Waals surface area contributed by atoms with E-state index in [0.717, 1.165) is 19.1 Å². The molecule has 0 unspecified atom stereocenters. The zero-order valence-electron chi connectivity index (χ0n) is 9.54. The van der Waals surface area contributed by atoms with Crippen molar-refractivity contribution in [2.75, 3.05) is 5.32 Å². The van der Waals surface area contributed by atoms with Crippen molar-refractivity contribution in [2.24, 2.45) is 0 Å². The van der Waals surface area contributed by atoms with Crippen LogP contribution in [0.15, 0.2) is 23.1 Å². The van der Waals surface area contributed by atoms with Crippen molar-refractivity contribution in [2.45, 2.75) is 11.8 Å². The van der Waals surface area contributed by atoms with Gasteiger partial charge in [-0.3, -0.25) is 14.9 Å². The van der Waals surface area contributed by atoms with Crippen molar-refractivity contribution >= 4 is 27.4 Å². The Labute approximate surface area is 125 Å². The van der Waals surface area contributed by atoms with Crippen molar-refractivity contribution < 1.29 is 52.2 Å². The van der Waals surface area contributed by atoms with Gasteiger partial charge in [-0.15, -0.1) is 0 Å². The second-order valence-corrected chi connectivity index (χ2v) is 4.45. The molecule has 92 valence electrons. The normalized spacial score (nSPS) is 10.3. The van der Waals surface area contributed by atoms with E-state index in [-0.39, 0.29) is 35.2 Å². The average Bonchev–Trinajstić information content (AvgIpc) is 2.15. The van der Waals surface area contributed by atoms with Gasteiger partial charge >= 0.3 is 29.6 Å². The second-order valence-electron chi connectivity index (χ2n) is 3.07. The van der Waals surface area contributed by atoms with Gasteiger partial charge in [0.05, 0.1) is 9.82 Å². The van der Waals surface area contributed by atoms with Crippen LogP contribution < -0.4 is 34.9 Å². The molecule has 1 N–H and O–H groups in total. The van der Waals surface area contributed by atoms with Crippen LogP contribution in [0.2, 0.25) is 0 Å². The number of benzene rings is 1. The Morgan fingerprint density at radius 2 is 1.94 bits per heavy atom. The fraction of sp³-hybridized carbons (Fsp3) is 0.125. The fourth-order valence-corrected chi connectivity index (χ4v) is 1.60. The van der Waals surface area contributed by atoms with Gasteiger partial charge in [0.1, 0.15) is 15.8 Å². The summed E-state index contributed by atoms with van der Waals surface area (Å²) in [6.07, 6.45) is 0. The van der Waals surface area contributed by atoms with Gasteiger partial charge in [-0.05, 0) is 12.1 Å². The van der Waals surface area contributed by atoms with Gasteiger partial charge in [0.2, 0.25) is 5.91 Å². The van der Waals surface area contributed by atoms with Gasteiger partial charge < -0.3 is 9.87 Å². The first-order valence-electron chi connectivity index (χ1n) is 4.24. The predicted molar refractivity (Wildman–Crippen MR) is 55.4 cm³/mol. The molecule has 18 heavy (non-hydrogen) atoms. The summed E-state index contributed by atoms with van der Waals surface area (Å²) in [6, 6.07) is 2.48. The zero-order chi connectivity index (χ0) is 13.2. The number of nitro benzene ring substituents is 1. The van der Waals surface area contributed by atoms with Gasteiger partial charge in [0, 0.05) is 13.0 Å². The number of nitrogens with one attached hydrogen (secondary N) is 1. The predicted octanol–water partition coefficient (Wildman–Crippen LogP) is -2.54. The van der Waals surface area contributed by atoms with Gasteiger partial charge in [-0.1, -0.05) is 0 Å². The minimum absolute atomic E-state index is 0. The third kappa shape index (κ3) is 4.35. The SMILES string of the molecule is CC(=O)Nc1ccc(S(=O)(=O)[O-])cc1[N+](=O)[O-].[Na+]. The Bertz CT molecular complexity index is 585. The summed E-state index contributed by atoms with van der Waals surface area (Å²) in [5, 5.41) is 12.8. The number of anilines is 1. The summed E-state index contributed by atoms with van der Waals surface area (Å²) < 4.78 is 32.0. The van der Waals surface area contributed by atoms with Crippen LogP contribution in [-0.2, 0) is 14.9 Å². The maximum absolute atomic E-state index is 10.8. The van der Waals surface area contributed by atoms with Crippen LogP contribution in [-0.4, -0.2) is 23.8 Å². The third-order valence-corrected chi connectivity index (χ3v) is 2.60. The van der Waals surface area contributed by atoms with E-state index in [4.69, 9.17) is 0 Å². The molecule has 1 rings (SSSR count). The molecule has 0 heterocycles. The van der Waals surface area contributed by atoms with Crippen molar-refractivity contribution in [3.8, 4) is 0 Å². The van der Waals surface area contributed by atoms with Crippen LogP contribution in [0, 0.1) is 10.1 Å². The standard InChI is InChI=1S/C8H8N2O6S.Na/c1-5(11)9-7-3-2-6(17(14,15)16)4-8(7)10(12)13;/h2-4H,1H3,(H,9,11)(H,14,15,16);/q;+1/p-1. The summed E-state index contributed by atoms with van der Waals surface area (Å²) in [5.41, 5.74) is -0.827. The van der Waals surface area contributed by atoms with Crippen LogP contribution in [0.1, 0.15) is 6.92 Å². The number of hydrogen-bond donors (Lipinski definition) is 1. The maximum Gasteiger partial charge on any atom is 1.00 e. The average molecular weight is 282 g/mol. The van der Waals surface area contributed by atoms with Crippen molar-refractivity contribution in [1.29, 1.82) is 0 Å². The van der Waals surface area contributed by atoms with Crippen LogP contribution in [0.3, 0.4) is 0 Å². The van der Waals surface area contributed by atoms with Crippen LogP contribution in [0.4, 0.5) is 11.4 Å². The van der Waals surface area contributed by atoms with Gasteiger partial charge in [-0.2, -0.15) is 0 Å². The molecule has 0 aliphatic carbocycles. The first-order valence-corrected chi connectivity index (χ1v) is 5.64. The van der Waals surface area contributed by atoms with Crippen LogP contribution in [0.5, 0.6) is 0 Å². The molecule has 1 aromatic rings. The summed E-state index contributed by atoms with van der Waals surface area (Å²) in [6.45, 7) is 1.14. The zero-order valence-corrected chi connectivity index (χ0v) is 12.4. The Hall–Kier alpha value is -1.000. The number of carbonyl (C=O) groups is 1. The smallest absolute Gasteiger partial charge is 0.744 e. The molecular formula is C8H7N2NaO6S. The molecule has 0 atom stereocenters. The number of carbonyl (C=O) groups excluding carboxylic acids is 1. The molecule has 0 fully saturated rings. The maximum atomic E-state index is 10.8. The van der Waals surface area contributed by atoms with E-state index in [1.54, 1.807) is 0 Å². The summed E-state index contributed by atoms with van der Waals surface area (Å²) in [4.78, 5) is 19.8. The first kappa shape index (κ1) is 17.0. The molecule has 0 bridgehead atoms. The number of rotatable bonds is 3.